The van der Waals surface area contributed by atoms with Gasteiger partial charge >= 0.3 is 6.09 Å². The molecule has 0 bridgehead atoms. The van der Waals surface area contributed by atoms with Crippen molar-refractivity contribution in [1.82, 2.24) is 10.8 Å². The van der Waals surface area contributed by atoms with Gasteiger partial charge in [-0.05, 0) is 33.3 Å². The molecule has 0 saturated carbocycles. The first kappa shape index (κ1) is 22.3. The number of aliphatic hydroxyl groups excluding tert-OH is 1. The Labute approximate surface area is 146 Å². The highest BCUT2D eigenvalue weighted by atomic mass is 16.7. The number of aliphatic hydroxyl groups is 1. The standard InChI is InChI=1S/C16H24N2O5.N2/c1-11(19)13(17-15(21)23-16(2,3)4)14(20)18-22-10-12-8-6-5-7-9-12;1-2/h5-9,11,13,19H,10H2,1-4H3,(H,17,21)(H,18,20);/t11-,13+;/m1./s1. The lowest BCUT2D eigenvalue weighted by molar-refractivity contribution is -0.139. The zero-order chi connectivity index (χ0) is 19.5. The van der Waals surface area contributed by atoms with Gasteiger partial charge in [0.05, 0.1) is 12.7 Å². The number of ether oxygens (including phenoxy) is 1. The minimum atomic E-state index is -1.18. The molecule has 25 heavy (non-hydrogen) atoms. The summed E-state index contributed by atoms with van der Waals surface area (Å²) >= 11 is 0. The van der Waals surface area contributed by atoms with E-state index >= 15 is 0 Å². The Balaban J connectivity index is 0.00000277. The molecule has 9 heteroatoms. The van der Waals surface area contributed by atoms with E-state index in [-0.39, 0.29) is 6.61 Å². The summed E-state index contributed by atoms with van der Waals surface area (Å²) in [6.07, 6.45) is -1.90. The van der Waals surface area contributed by atoms with Crippen molar-refractivity contribution in [3.63, 3.8) is 0 Å². The van der Waals surface area contributed by atoms with Gasteiger partial charge in [-0.25, -0.2) is 10.3 Å². The molecule has 1 aromatic rings. The summed E-state index contributed by atoms with van der Waals surface area (Å²) in [5.41, 5.74) is 2.39. The fraction of sp³-hybridized carbons (Fsp3) is 0.500. The molecule has 0 spiro atoms. The molecule has 0 unspecified atom stereocenters. The van der Waals surface area contributed by atoms with E-state index in [1.807, 2.05) is 30.3 Å². The van der Waals surface area contributed by atoms with Crippen LogP contribution in [0.15, 0.2) is 30.3 Å². The van der Waals surface area contributed by atoms with Crippen molar-refractivity contribution < 1.29 is 24.3 Å². The molecule has 0 aliphatic heterocycles. The van der Waals surface area contributed by atoms with Gasteiger partial charge in [0.15, 0.2) is 0 Å². The van der Waals surface area contributed by atoms with Crippen molar-refractivity contribution in [1.29, 1.82) is 10.8 Å². The lowest BCUT2D eigenvalue weighted by Crippen LogP contribution is -2.53. The molecule has 9 nitrogen and oxygen atoms in total. The molecule has 0 aliphatic rings. The summed E-state index contributed by atoms with van der Waals surface area (Å²) in [5, 5.41) is 24.0. The number of amides is 2. The van der Waals surface area contributed by atoms with Gasteiger partial charge in [-0.3, -0.25) is 9.63 Å². The van der Waals surface area contributed by atoms with Crippen LogP contribution in [0.25, 0.3) is 0 Å². The number of carbonyl (C=O) groups excluding carboxylic acids is 2. The fourth-order valence-corrected chi connectivity index (χ4v) is 1.67. The van der Waals surface area contributed by atoms with Crippen LogP contribution in [0.4, 0.5) is 4.79 Å². The topological polar surface area (TPSA) is 144 Å². The number of hydroxylamine groups is 1. The lowest BCUT2D eigenvalue weighted by Gasteiger charge is -2.24. The number of nitrogens with one attached hydrogen (secondary N) is 2. The number of alkyl carbamates (subject to hydrolysis) is 1. The van der Waals surface area contributed by atoms with Gasteiger partial charge in [-0.1, -0.05) is 30.3 Å². The molecule has 0 heterocycles. The van der Waals surface area contributed by atoms with Gasteiger partial charge in [0.1, 0.15) is 11.6 Å². The van der Waals surface area contributed by atoms with E-state index in [4.69, 9.17) is 20.4 Å². The summed E-state index contributed by atoms with van der Waals surface area (Å²) in [5.74, 6) is -0.665. The predicted octanol–water partition coefficient (Wildman–Crippen LogP) is 1.54. The van der Waals surface area contributed by atoms with Crippen LogP contribution in [0.5, 0.6) is 0 Å². The van der Waals surface area contributed by atoms with E-state index in [0.717, 1.165) is 5.56 Å². The Morgan fingerprint density at radius 1 is 1.20 bits per heavy atom. The first-order chi connectivity index (χ1) is 11.7. The fourth-order valence-electron chi connectivity index (χ4n) is 1.67. The van der Waals surface area contributed by atoms with Crippen LogP contribution in [-0.2, 0) is 21.0 Å². The Kier molecular flexibility index (Phi) is 9.78. The highest BCUT2D eigenvalue weighted by Gasteiger charge is 2.28. The van der Waals surface area contributed by atoms with E-state index in [1.54, 1.807) is 20.8 Å². The second kappa shape index (κ2) is 11.0. The molecule has 0 saturated heterocycles. The third-order valence-corrected chi connectivity index (χ3v) is 2.69. The highest BCUT2D eigenvalue weighted by Crippen LogP contribution is 2.07. The molecule has 0 fully saturated rings. The Morgan fingerprint density at radius 2 is 1.76 bits per heavy atom. The molecule has 138 valence electrons. The Hall–Kier alpha value is -2.70. The van der Waals surface area contributed by atoms with Crippen molar-refractivity contribution >= 4 is 12.0 Å². The monoisotopic (exact) mass is 352 g/mol. The van der Waals surface area contributed by atoms with Gasteiger partial charge in [-0.15, -0.1) is 0 Å². The maximum Gasteiger partial charge on any atom is 0.408 e. The minimum absolute atomic E-state index is 0.172. The largest absolute Gasteiger partial charge is 0.444 e. The molecule has 2 amide bonds. The van der Waals surface area contributed by atoms with E-state index in [0.29, 0.717) is 0 Å². The minimum Gasteiger partial charge on any atom is -0.444 e. The summed E-state index contributed by atoms with van der Waals surface area (Å²) in [7, 11) is 0. The Morgan fingerprint density at radius 3 is 2.24 bits per heavy atom. The molecule has 2 atom stereocenters. The number of nitrogens with zero attached hydrogens (tertiary/aromatic N) is 2. The van der Waals surface area contributed by atoms with Gasteiger partial charge in [0, 0.05) is 10.8 Å². The van der Waals surface area contributed by atoms with Gasteiger partial charge in [0.2, 0.25) is 0 Å². The Bertz CT molecular complexity index is 555. The van der Waals surface area contributed by atoms with Crippen molar-refractivity contribution in [2.24, 2.45) is 0 Å². The maximum atomic E-state index is 12.0. The van der Waals surface area contributed by atoms with E-state index < -0.39 is 29.7 Å². The molecular formula is C16H24N4O5. The van der Waals surface area contributed by atoms with Crippen molar-refractivity contribution in [3.05, 3.63) is 35.9 Å². The van der Waals surface area contributed by atoms with E-state index in [2.05, 4.69) is 10.8 Å². The van der Waals surface area contributed by atoms with Crippen molar-refractivity contribution in [3.8, 4) is 0 Å². The van der Waals surface area contributed by atoms with Crippen molar-refractivity contribution in [2.45, 2.75) is 52.0 Å². The third-order valence-electron chi connectivity index (χ3n) is 2.69. The van der Waals surface area contributed by atoms with Gasteiger partial charge in [-0.2, -0.15) is 0 Å². The molecule has 1 rings (SSSR count). The predicted molar refractivity (Wildman–Crippen MR) is 87.7 cm³/mol. The number of carbonyl (C=O) groups is 2. The van der Waals surface area contributed by atoms with Crippen LogP contribution in [0, 0.1) is 10.8 Å². The zero-order valence-corrected chi connectivity index (χ0v) is 14.7. The third kappa shape index (κ3) is 9.91. The molecule has 1 aromatic carbocycles. The summed E-state index contributed by atoms with van der Waals surface area (Å²) < 4.78 is 5.06. The maximum absolute atomic E-state index is 12.0. The SMILES string of the molecule is C[C@@H](O)[C@H](NC(=O)OC(C)(C)C)C(=O)NOCc1ccccc1.N#N. The van der Waals surface area contributed by atoms with Crippen LogP contribution in [0.2, 0.25) is 0 Å². The molecule has 0 aliphatic carbocycles. The van der Waals surface area contributed by atoms with E-state index in [1.165, 1.54) is 6.92 Å². The second-order valence-electron chi connectivity index (χ2n) is 6.11. The number of benzene rings is 1. The molecule has 0 radical (unpaired) electrons. The second-order valence-corrected chi connectivity index (χ2v) is 6.11. The molecule has 3 N–H and O–H groups in total. The van der Waals surface area contributed by atoms with Crippen LogP contribution in [0.1, 0.15) is 33.3 Å². The van der Waals surface area contributed by atoms with Crippen molar-refractivity contribution in [2.75, 3.05) is 0 Å². The van der Waals surface area contributed by atoms with Crippen LogP contribution < -0.4 is 10.8 Å². The average Bonchev–Trinajstić information content (AvgIpc) is 2.53. The zero-order valence-electron chi connectivity index (χ0n) is 14.7. The summed E-state index contributed by atoms with van der Waals surface area (Å²) in [6.45, 7) is 6.66. The summed E-state index contributed by atoms with van der Waals surface area (Å²) in [4.78, 5) is 28.8. The quantitative estimate of drug-likeness (QED) is 0.520. The van der Waals surface area contributed by atoms with Crippen LogP contribution in [0.3, 0.4) is 0 Å². The normalized spacial score (nSPS) is 12.8. The molecular weight excluding hydrogens is 328 g/mol. The van der Waals surface area contributed by atoms with Gasteiger partial charge < -0.3 is 15.2 Å². The first-order valence-corrected chi connectivity index (χ1v) is 7.52. The number of hydrogen-bond acceptors (Lipinski definition) is 7. The van der Waals surface area contributed by atoms with Crippen LogP contribution >= 0.6 is 0 Å². The highest BCUT2D eigenvalue weighted by molar-refractivity contribution is 5.85. The number of rotatable bonds is 6. The molecule has 0 aromatic heterocycles. The van der Waals surface area contributed by atoms with Gasteiger partial charge in [0.25, 0.3) is 5.91 Å². The lowest BCUT2D eigenvalue weighted by atomic mass is 10.2. The summed E-state index contributed by atoms with van der Waals surface area (Å²) in [6, 6.07) is 8.08. The average molecular weight is 352 g/mol. The van der Waals surface area contributed by atoms with Crippen LogP contribution in [-0.4, -0.2) is 34.9 Å². The smallest absolute Gasteiger partial charge is 0.408 e. The first-order valence-electron chi connectivity index (χ1n) is 7.52. The number of hydrogen-bond donors (Lipinski definition) is 3. The van der Waals surface area contributed by atoms with E-state index in [9.17, 15) is 14.7 Å².